The molecule has 1 aliphatic rings. The van der Waals surface area contributed by atoms with Gasteiger partial charge in [0.25, 0.3) is 0 Å². The third-order valence-electron chi connectivity index (χ3n) is 6.64. The maximum atomic E-state index is 11.0. The van der Waals surface area contributed by atoms with Crippen molar-refractivity contribution in [2.24, 2.45) is 11.8 Å². The van der Waals surface area contributed by atoms with Crippen LogP contribution in [0.25, 0.3) is 0 Å². The summed E-state index contributed by atoms with van der Waals surface area (Å²) in [5.41, 5.74) is -0.491. The van der Waals surface area contributed by atoms with Crippen molar-refractivity contribution in [1.82, 2.24) is 0 Å². The highest BCUT2D eigenvalue weighted by atomic mass is 16.3. The van der Waals surface area contributed by atoms with Gasteiger partial charge < -0.3 is 9.59 Å². The van der Waals surface area contributed by atoms with Gasteiger partial charge in [0.15, 0.2) is 0 Å². The Balaban J connectivity index is 2.38. The van der Waals surface area contributed by atoms with Crippen molar-refractivity contribution < 1.29 is 9.59 Å². The molecular weight excluding hydrogens is 294 g/mol. The van der Waals surface area contributed by atoms with Gasteiger partial charge in [-0.25, -0.2) is 0 Å². The number of likely N-dealkylation sites (N-methyl/N-ethyl adjacent to an activating group) is 1. The van der Waals surface area contributed by atoms with Gasteiger partial charge in [0.2, 0.25) is 0 Å². The van der Waals surface area contributed by atoms with Crippen molar-refractivity contribution in [1.29, 1.82) is 0 Å². The van der Waals surface area contributed by atoms with Gasteiger partial charge in [-0.15, -0.1) is 0 Å². The van der Waals surface area contributed by atoms with Crippen molar-refractivity contribution in [2.75, 3.05) is 20.6 Å². The Morgan fingerprint density at radius 3 is 2.08 bits per heavy atom. The molecule has 1 N–H and O–H groups in total. The van der Waals surface area contributed by atoms with E-state index in [0.717, 1.165) is 22.7 Å². The van der Waals surface area contributed by atoms with E-state index in [1.807, 2.05) is 0 Å². The van der Waals surface area contributed by atoms with Crippen molar-refractivity contribution >= 4 is 0 Å². The predicted octanol–water partition coefficient (Wildman–Crippen LogP) is 5.78. The molecule has 24 heavy (non-hydrogen) atoms. The highest BCUT2D eigenvalue weighted by Gasteiger charge is 2.47. The monoisotopic (exact) mass is 340 g/mol. The third-order valence-corrected chi connectivity index (χ3v) is 6.64. The van der Waals surface area contributed by atoms with Crippen LogP contribution in [0.4, 0.5) is 0 Å². The van der Waals surface area contributed by atoms with Crippen molar-refractivity contribution in [3.05, 3.63) is 0 Å². The second kappa shape index (κ2) is 10.2. The van der Waals surface area contributed by atoms with Gasteiger partial charge in [-0.1, -0.05) is 59.3 Å². The summed E-state index contributed by atoms with van der Waals surface area (Å²) in [4.78, 5) is 0. The second-order valence-corrected chi connectivity index (χ2v) is 9.63. The molecule has 144 valence electrons. The normalized spacial score (nSPS) is 28.5. The summed E-state index contributed by atoms with van der Waals surface area (Å²) in [7, 11) is 4.70. The fourth-order valence-corrected chi connectivity index (χ4v) is 4.76. The minimum absolute atomic E-state index is 0.392. The highest BCUT2D eigenvalue weighted by molar-refractivity contribution is 4.91. The van der Waals surface area contributed by atoms with Crippen LogP contribution in [-0.2, 0) is 0 Å². The van der Waals surface area contributed by atoms with Gasteiger partial charge in [0, 0.05) is 6.42 Å². The molecule has 0 radical (unpaired) electrons. The van der Waals surface area contributed by atoms with Gasteiger partial charge in [0.05, 0.1) is 20.6 Å². The van der Waals surface area contributed by atoms with Crippen molar-refractivity contribution in [2.45, 2.75) is 110 Å². The molecule has 0 aromatic heterocycles. The molecule has 3 unspecified atom stereocenters. The van der Waals surface area contributed by atoms with Crippen LogP contribution in [0.1, 0.15) is 98.3 Å². The number of unbranched alkanes of at least 4 members (excludes halogenated alkanes) is 7. The molecule has 0 aromatic rings. The summed E-state index contributed by atoms with van der Waals surface area (Å²) in [6, 6.07) is 0.392. The van der Waals surface area contributed by atoms with Crippen LogP contribution < -0.4 is 0 Å². The molecule has 0 heterocycles. The predicted molar refractivity (Wildman–Crippen MR) is 106 cm³/mol. The zero-order valence-electron chi connectivity index (χ0n) is 17.6. The summed E-state index contributed by atoms with van der Waals surface area (Å²) in [5, 5.41) is 11.0. The first-order valence-electron chi connectivity index (χ1n) is 10.8. The van der Waals surface area contributed by atoms with E-state index in [1.165, 1.54) is 70.8 Å². The number of aliphatic hydroxyl groups is 1. The molecule has 1 aliphatic carbocycles. The molecule has 0 amide bonds. The summed E-state index contributed by atoms with van der Waals surface area (Å²) < 4.78 is 0.992. The Bertz CT molecular complexity index is 335. The van der Waals surface area contributed by atoms with Crippen molar-refractivity contribution in [3.8, 4) is 0 Å². The van der Waals surface area contributed by atoms with Crippen LogP contribution in [0.15, 0.2) is 0 Å². The summed E-state index contributed by atoms with van der Waals surface area (Å²) in [6.07, 6.45) is 14.4. The number of hydrogen-bond donors (Lipinski definition) is 1. The Morgan fingerprint density at radius 2 is 1.54 bits per heavy atom. The quantitative estimate of drug-likeness (QED) is 0.373. The van der Waals surface area contributed by atoms with Gasteiger partial charge in [-0.05, 0) is 44.4 Å². The Labute approximate surface area is 152 Å². The molecule has 0 saturated heterocycles. The molecular formula is C22H46NO+. The maximum absolute atomic E-state index is 11.0. The standard InChI is InChI=1S/C22H46NO/c1-7-8-9-10-11-12-13-14-17-23(5,6)21-18-20(19(2)3)15-16-22(21,4)24/h19-21,24H,7-18H2,1-6H3/q+1. The lowest BCUT2D eigenvalue weighted by molar-refractivity contribution is -0.924. The van der Waals surface area contributed by atoms with E-state index in [2.05, 4.69) is 41.8 Å². The lowest BCUT2D eigenvalue weighted by atomic mass is 9.71. The third kappa shape index (κ3) is 7.04. The van der Waals surface area contributed by atoms with Gasteiger partial charge in [0.1, 0.15) is 11.6 Å². The Kier molecular flexibility index (Phi) is 9.30. The van der Waals surface area contributed by atoms with Gasteiger partial charge in [-0.2, -0.15) is 0 Å². The lowest BCUT2D eigenvalue weighted by Crippen LogP contribution is -2.62. The van der Waals surface area contributed by atoms with E-state index in [4.69, 9.17) is 0 Å². The van der Waals surface area contributed by atoms with E-state index in [0.29, 0.717) is 6.04 Å². The van der Waals surface area contributed by atoms with Crippen LogP contribution in [0, 0.1) is 11.8 Å². The molecule has 2 nitrogen and oxygen atoms in total. The van der Waals surface area contributed by atoms with E-state index in [9.17, 15) is 5.11 Å². The van der Waals surface area contributed by atoms with Crippen LogP contribution in [0.3, 0.4) is 0 Å². The number of nitrogens with zero attached hydrogens (tertiary/aromatic N) is 1. The van der Waals surface area contributed by atoms with Crippen LogP contribution in [-0.4, -0.2) is 41.9 Å². The van der Waals surface area contributed by atoms with Crippen LogP contribution in [0.5, 0.6) is 0 Å². The van der Waals surface area contributed by atoms with E-state index >= 15 is 0 Å². The number of hydrogen-bond acceptors (Lipinski definition) is 1. The summed E-state index contributed by atoms with van der Waals surface area (Å²) in [6.45, 7) is 10.3. The maximum Gasteiger partial charge on any atom is 0.118 e. The fraction of sp³-hybridized carbons (Fsp3) is 1.00. The lowest BCUT2D eigenvalue weighted by Gasteiger charge is -2.50. The zero-order chi connectivity index (χ0) is 18.2. The molecule has 2 heteroatoms. The average Bonchev–Trinajstić information content (AvgIpc) is 2.49. The first-order valence-corrected chi connectivity index (χ1v) is 10.8. The van der Waals surface area contributed by atoms with E-state index in [1.54, 1.807) is 0 Å². The summed E-state index contributed by atoms with van der Waals surface area (Å²) >= 11 is 0. The zero-order valence-corrected chi connectivity index (χ0v) is 17.6. The van der Waals surface area contributed by atoms with E-state index in [-0.39, 0.29) is 0 Å². The molecule has 0 spiro atoms. The van der Waals surface area contributed by atoms with Crippen molar-refractivity contribution in [3.63, 3.8) is 0 Å². The Morgan fingerprint density at radius 1 is 1.00 bits per heavy atom. The second-order valence-electron chi connectivity index (χ2n) is 9.63. The Hall–Kier alpha value is -0.0800. The SMILES string of the molecule is CCCCCCCCCC[N+](C)(C)C1CC(C(C)C)CCC1(C)O. The van der Waals surface area contributed by atoms with Crippen LogP contribution >= 0.6 is 0 Å². The fourth-order valence-electron chi connectivity index (χ4n) is 4.76. The summed E-state index contributed by atoms with van der Waals surface area (Å²) in [5.74, 6) is 1.53. The topological polar surface area (TPSA) is 20.2 Å². The number of rotatable bonds is 11. The molecule has 0 aromatic carbocycles. The first-order chi connectivity index (χ1) is 11.2. The molecule has 1 saturated carbocycles. The van der Waals surface area contributed by atoms with Gasteiger partial charge in [-0.3, -0.25) is 0 Å². The smallest absolute Gasteiger partial charge is 0.118 e. The van der Waals surface area contributed by atoms with Crippen LogP contribution in [0.2, 0.25) is 0 Å². The molecule has 3 atom stereocenters. The molecule has 1 fully saturated rings. The molecule has 0 bridgehead atoms. The molecule has 0 aliphatic heterocycles. The van der Waals surface area contributed by atoms with E-state index < -0.39 is 5.60 Å². The highest BCUT2D eigenvalue weighted by Crippen LogP contribution is 2.40. The minimum Gasteiger partial charge on any atom is -0.384 e. The molecule has 1 rings (SSSR count). The van der Waals surface area contributed by atoms with Gasteiger partial charge >= 0.3 is 0 Å². The average molecular weight is 341 g/mol. The minimum atomic E-state index is -0.491. The first kappa shape index (κ1) is 22.0. The largest absolute Gasteiger partial charge is 0.384 e. The number of quaternary nitrogens is 1.